The van der Waals surface area contributed by atoms with Gasteiger partial charge in [0.2, 0.25) is 6.08 Å². The molecule has 2 atom stereocenters. The molecule has 0 amide bonds. The van der Waals surface area contributed by atoms with Gasteiger partial charge >= 0.3 is 5.97 Å². The van der Waals surface area contributed by atoms with Gasteiger partial charge < -0.3 is 4.74 Å². The summed E-state index contributed by atoms with van der Waals surface area (Å²) in [4.78, 5) is 26.9. The van der Waals surface area contributed by atoms with Crippen molar-refractivity contribution in [2.24, 2.45) is 10.9 Å². The van der Waals surface area contributed by atoms with E-state index < -0.39 is 11.5 Å². The molecule has 4 nitrogen and oxygen atoms in total. The second-order valence-electron chi connectivity index (χ2n) is 5.56. The van der Waals surface area contributed by atoms with Crippen molar-refractivity contribution >= 4 is 23.8 Å². The number of hydrogen-bond acceptors (Lipinski definition) is 5. The molecule has 0 N–H and O–H groups in total. The van der Waals surface area contributed by atoms with Crippen LogP contribution in [0.5, 0.6) is 0 Å². The molecule has 0 spiro atoms. The number of nitrogens with zero attached hydrogens (tertiary/aromatic N) is 1. The number of carbonyl (C=O) groups is 1. The first-order valence-electron chi connectivity index (χ1n) is 6.63. The number of aliphatic imine (C=N–C) groups is 1. The molecule has 0 heterocycles. The van der Waals surface area contributed by atoms with Crippen molar-refractivity contribution in [3.8, 4) is 0 Å². The first kappa shape index (κ1) is 18.2. The maximum absolute atomic E-state index is 12.3. The monoisotopic (exact) mass is 287 g/mol. The molecule has 0 aromatic rings. The Morgan fingerprint density at radius 2 is 1.95 bits per heavy atom. The highest BCUT2D eigenvalue weighted by Gasteiger charge is 2.45. The van der Waals surface area contributed by atoms with Crippen molar-refractivity contribution < 1.29 is 14.3 Å². The Labute approximate surface area is 120 Å². The third kappa shape index (κ3) is 5.37. The Morgan fingerprint density at radius 3 is 2.32 bits per heavy atom. The van der Waals surface area contributed by atoms with Gasteiger partial charge in [0.05, 0.1) is 6.61 Å². The van der Waals surface area contributed by atoms with E-state index in [0.29, 0.717) is 5.75 Å². The van der Waals surface area contributed by atoms with E-state index in [-0.39, 0.29) is 17.3 Å². The van der Waals surface area contributed by atoms with Crippen LogP contribution in [0, 0.1) is 5.92 Å². The zero-order chi connectivity index (χ0) is 15.1. The van der Waals surface area contributed by atoms with Gasteiger partial charge in [0.25, 0.3) is 0 Å². The van der Waals surface area contributed by atoms with Gasteiger partial charge in [-0.1, -0.05) is 41.0 Å². The minimum Gasteiger partial charge on any atom is -0.464 e. The van der Waals surface area contributed by atoms with Crippen LogP contribution in [-0.4, -0.2) is 34.7 Å². The molecule has 0 fully saturated rings. The van der Waals surface area contributed by atoms with Crippen molar-refractivity contribution in [2.75, 3.05) is 12.4 Å². The van der Waals surface area contributed by atoms with E-state index in [1.807, 2.05) is 13.8 Å². The van der Waals surface area contributed by atoms with Crippen LogP contribution in [0.15, 0.2) is 4.99 Å². The summed E-state index contributed by atoms with van der Waals surface area (Å²) in [5.74, 6) is -0.0631. The first-order valence-corrected chi connectivity index (χ1v) is 7.62. The fourth-order valence-corrected chi connectivity index (χ4v) is 2.71. The molecular formula is C14H25NO3S. The van der Waals surface area contributed by atoms with Crippen LogP contribution in [0.4, 0.5) is 0 Å². The van der Waals surface area contributed by atoms with Crippen LogP contribution in [-0.2, 0) is 14.3 Å². The Kier molecular flexibility index (Phi) is 7.38. The van der Waals surface area contributed by atoms with Crippen molar-refractivity contribution in [3.63, 3.8) is 0 Å². The third-order valence-corrected chi connectivity index (χ3v) is 4.48. The van der Waals surface area contributed by atoms with E-state index in [1.54, 1.807) is 24.8 Å². The zero-order valence-electron chi connectivity index (χ0n) is 12.8. The van der Waals surface area contributed by atoms with Crippen molar-refractivity contribution in [1.29, 1.82) is 0 Å². The van der Waals surface area contributed by atoms with Crippen molar-refractivity contribution in [2.45, 2.75) is 58.2 Å². The number of thioether (sulfide) groups is 1. The van der Waals surface area contributed by atoms with E-state index in [2.05, 4.69) is 25.8 Å². The summed E-state index contributed by atoms with van der Waals surface area (Å²) in [6, 6.07) is 0. The van der Waals surface area contributed by atoms with Crippen LogP contribution >= 0.6 is 11.8 Å². The Hall–Kier alpha value is -0.800. The number of isocyanates is 1. The third-order valence-electron chi connectivity index (χ3n) is 3.03. The lowest BCUT2D eigenvalue weighted by atomic mass is 9.85. The normalized spacial score (nSPS) is 16.1. The summed E-state index contributed by atoms with van der Waals surface area (Å²) in [6.07, 6.45) is 2.31. The summed E-state index contributed by atoms with van der Waals surface area (Å²) in [5, 5.41) is 0. The molecule has 0 aromatic heterocycles. The molecule has 19 heavy (non-hydrogen) atoms. The van der Waals surface area contributed by atoms with Gasteiger partial charge in [-0.3, -0.25) is 0 Å². The molecule has 110 valence electrons. The van der Waals surface area contributed by atoms with Gasteiger partial charge in [0.1, 0.15) is 0 Å². The minimum atomic E-state index is -1.12. The average Bonchev–Trinajstić information content (AvgIpc) is 2.32. The predicted molar refractivity (Wildman–Crippen MR) is 79.2 cm³/mol. The van der Waals surface area contributed by atoms with E-state index >= 15 is 0 Å². The molecule has 0 rings (SSSR count). The molecule has 5 heteroatoms. The summed E-state index contributed by atoms with van der Waals surface area (Å²) < 4.78 is 5.11. The molecule has 0 saturated carbocycles. The lowest BCUT2D eigenvalue weighted by Crippen LogP contribution is -2.47. The van der Waals surface area contributed by atoms with Crippen LogP contribution in [0.25, 0.3) is 0 Å². The molecule has 0 aliphatic carbocycles. The SMILES string of the molecule is CCOC(=O)C(CSC(C)(C)C)(N=C=O)C(C)CC. The average molecular weight is 287 g/mol. The maximum atomic E-state index is 12.3. The maximum Gasteiger partial charge on any atom is 0.336 e. The lowest BCUT2D eigenvalue weighted by Gasteiger charge is -2.33. The number of ether oxygens (including phenoxy) is 1. The van der Waals surface area contributed by atoms with Gasteiger partial charge in [-0.05, 0) is 12.8 Å². The molecule has 0 aliphatic heterocycles. The highest BCUT2D eigenvalue weighted by Crippen LogP contribution is 2.35. The van der Waals surface area contributed by atoms with E-state index in [1.165, 1.54) is 0 Å². The number of esters is 1. The second kappa shape index (κ2) is 7.71. The van der Waals surface area contributed by atoms with Crippen molar-refractivity contribution in [1.82, 2.24) is 0 Å². The second-order valence-corrected chi connectivity index (χ2v) is 7.36. The molecular weight excluding hydrogens is 262 g/mol. The van der Waals surface area contributed by atoms with Crippen LogP contribution < -0.4 is 0 Å². The van der Waals surface area contributed by atoms with Gasteiger partial charge in [-0.15, -0.1) is 0 Å². The lowest BCUT2D eigenvalue weighted by molar-refractivity contribution is -0.150. The number of carbonyl (C=O) groups excluding carboxylic acids is 2. The Bertz CT molecular complexity index is 345. The molecule has 2 unspecified atom stereocenters. The zero-order valence-corrected chi connectivity index (χ0v) is 13.6. The van der Waals surface area contributed by atoms with Crippen LogP contribution in [0.2, 0.25) is 0 Å². The van der Waals surface area contributed by atoms with Gasteiger partial charge in [0, 0.05) is 10.5 Å². The first-order chi connectivity index (χ1) is 8.73. The molecule has 0 saturated heterocycles. The molecule has 0 aromatic carbocycles. The molecule has 0 radical (unpaired) electrons. The van der Waals surface area contributed by atoms with Crippen LogP contribution in [0.3, 0.4) is 0 Å². The predicted octanol–water partition coefficient (Wildman–Crippen LogP) is 3.20. The van der Waals surface area contributed by atoms with Gasteiger partial charge in [-0.2, -0.15) is 16.8 Å². The smallest absolute Gasteiger partial charge is 0.336 e. The number of hydrogen-bond donors (Lipinski definition) is 0. The van der Waals surface area contributed by atoms with Gasteiger partial charge in [-0.25, -0.2) is 9.59 Å². The minimum absolute atomic E-state index is 0.0103. The topological polar surface area (TPSA) is 55.7 Å². The molecule has 0 aliphatic rings. The fourth-order valence-electron chi connectivity index (χ4n) is 1.59. The van der Waals surface area contributed by atoms with Crippen molar-refractivity contribution in [3.05, 3.63) is 0 Å². The van der Waals surface area contributed by atoms with Crippen LogP contribution in [0.1, 0.15) is 48.0 Å². The highest BCUT2D eigenvalue weighted by atomic mass is 32.2. The summed E-state index contributed by atoms with van der Waals surface area (Å²) in [7, 11) is 0. The quantitative estimate of drug-likeness (QED) is 0.410. The standard InChI is InChI=1S/C14H25NO3S/c1-7-11(3)14(15-10-16,12(17)18-8-2)9-19-13(4,5)6/h11H,7-9H2,1-6H3. The van der Waals surface area contributed by atoms with E-state index in [4.69, 9.17) is 4.74 Å². The van der Waals surface area contributed by atoms with Gasteiger partial charge in [0.15, 0.2) is 5.54 Å². The van der Waals surface area contributed by atoms with E-state index in [0.717, 1.165) is 6.42 Å². The fraction of sp³-hybridized carbons (Fsp3) is 0.857. The highest BCUT2D eigenvalue weighted by molar-refractivity contribution is 8.00. The largest absolute Gasteiger partial charge is 0.464 e. The number of rotatable bonds is 7. The summed E-state index contributed by atoms with van der Waals surface area (Å²) in [5.41, 5.74) is -1.12. The Balaban J connectivity index is 5.38. The van der Waals surface area contributed by atoms with E-state index in [9.17, 15) is 9.59 Å². The Morgan fingerprint density at radius 1 is 1.37 bits per heavy atom. The molecule has 0 bridgehead atoms. The summed E-state index contributed by atoms with van der Waals surface area (Å²) in [6.45, 7) is 12.1. The summed E-state index contributed by atoms with van der Waals surface area (Å²) >= 11 is 1.60.